The van der Waals surface area contributed by atoms with Crippen LogP contribution in [0.3, 0.4) is 0 Å². The number of nitro benzene ring substituents is 2. The lowest BCUT2D eigenvalue weighted by Gasteiger charge is -2.02. The maximum Gasteiger partial charge on any atom is 0.270 e. The number of carbonyl (C=O) groups excluding carboxylic acids is 2. The molecule has 33 heavy (non-hydrogen) atoms. The van der Waals surface area contributed by atoms with E-state index in [4.69, 9.17) is 0 Å². The molecule has 0 spiro atoms. The molecule has 0 fully saturated rings. The van der Waals surface area contributed by atoms with Crippen LogP contribution in [-0.2, 0) is 9.59 Å². The number of benzene rings is 2. The van der Waals surface area contributed by atoms with Gasteiger partial charge in [-0.25, -0.2) is 10.9 Å². The fourth-order valence-electron chi connectivity index (χ4n) is 2.17. The Morgan fingerprint density at radius 1 is 0.848 bits per heavy atom. The topological polar surface area (TPSA) is 210 Å². The van der Waals surface area contributed by atoms with Crippen molar-refractivity contribution in [2.75, 3.05) is 11.5 Å². The van der Waals surface area contributed by atoms with E-state index in [2.05, 4.69) is 21.1 Å². The van der Waals surface area contributed by atoms with Crippen molar-refractivity contribution in [1.82, 2.24) is 10.9 Å². The summed E-state index contributed by atoms with van der Waals surface area (Å²) in [6, 6.07) is 6.64. The van der Waals surface area contributed by atoms with Gasteiger partial charge in [-0.05, 0) is 12.1 Å². The molecule has 0 saturated carbocycles. The Hall–Kier alpha value is -4.53. The molecule has 0 saturated heterocycles. The summed E-state index contributed by atoms with van der Waals surface area (Å²) >= 11 is 0.932. The number of carbonyl (C=O) groups is 2. The number of hydrazone groups is 2. The van der Waals surface area contributed by atoms with Crippen molar-refractivity contribution in [3.63, 3.8) is 0 Å². The molecule has 2 amide bonds. The number of phenolic OH excluding ortho intramolecular Hbond substituents is 2. The first kappa shape index (κ1) is 24.7. The highest BCUT2D eigenvalue weighted by molar-refractivity contribution is 8.00. The average Bonchev–Trinajstić information content (AvgIpc) is 2.76. The van der Waals surface area contributed by atoms with Crippen LogP contribution in [0, 0.1) is 20.2 Å². The van der Waals surface area contributed by atoms with Gasteiger partial charge in [0, 0.05) is 35.4 Å². The first-order valence-electron chi connectivity index (χ1n) is 8.83. The second-order valence-electron chi connectivity index (χ2n) is 6.08. The number of hydrogen-bond acceptors (Lipinski definition) is 11. The van der Waals surface area contributed by atoms with E-state index in [1.165, 1.54) is 0 Å². The highest BCUT2D eigenvalue weighted by Gasteiger charge is 2.10. The molecule has 0 radical (unpaired) electrons. The Labute approximate surface area is 189 Å². The van der Waals surface area contributed by atoms with E-state index in [1.807, 2.05) is 0 Å². The lowest BCUT2D eigenvalue weighted by Crippen LogP contribution is -2.23. The van der Waals surface area contributed by atoms with Gasteiger partial charge in [0.1, 0.15) is 11.5 Å². The monoisotopic (exact) mass is 476 g/mol. The molecule has 15 heteroatoms. The second kappa shape index (κ2) is 11.8. The van der Waals surface area contributed by atoms with E-state index in [0.717, 1.165) is 60.6 Å². The van der Waals surface area contributed by atoms with Gasteiger partial charge in [0.05, 0.1) is 33.8 Å². The van der Waals surface area contributed by atoms with Crippen LogP contribution in [0.4, 0.5) is 11.4 Å². The van der Waals surface area contributed by atoms with E-state index in [9.17, 15) is 40.0 Å². The quantitative estimate of drug-likeness (QED) is 0.220. The first-order valence-corrected chi connectivity index (χ1v) is 9.99. The number of aromatic hydroxyl groups is 2. The van der Waals surface area contributed by atoms with Crippen molar-refractivity contribution >= 4 is 47.4 Å². The molecule has 2 rings (SSSR count). The molecule has 2 aromatic carbocycles. The molecule has 2 aromatic rings. The molecule has 0 bridgehead atoms. The molecule has 0 unspecified atom stereocenters. The summed E-state index contributed by atoms with van der Waals surface area (Å²) in [5.74, 6) is -1.97. The van der Waals surface area contributed by atoms with Crippen molar-refractivity contribution in [2.45, 2.75) is 0 Å². The molecule has 172 valence electrons. The van der Waals surface area contributed by atoms with Crippen LogP contribution in [0.15, 0.2) is 46.6 Å². The van der Waals surface area contributed by atoms with E-state index >= 15 is 0 Å². The van der Waals surface area contributed by atoms with Gasteiger partial charge in [0.15, 0.2) is 0 Å². The summed E-state index contributed by atoms with van der Waals surface area (Å²) in [7, 11) is 0. The fourth-order valence-corrected chi connectivity index (χ4v) is 2.77. The van der Waals surface area contributed by atoms with Gasteiger partial charge in [0.25, 0.3) is 11.4 Å². The lowest BCUT2D eigenvalue weighted by atomic mass is 10.2. The summed E-state index contributed by atoms with van der Waals surface area (Å²) in [6.45, 7) is 0. The summed E-state index contributed by atoms with van der Waals surface area (Å²) < 4.78 is 0. The molecule has 0 aliphatic rings. The minimum atomic E-state index is -0.645. The number of nitrogens with one attached hydrogen (secondary N) is 2. The van der Waals surface area contributed by atoms with Gasteiger partial charge in [-0.3, -0.25) is 29.8 Å². The van der Waals surface area contributed by atoms with Crippen molar-refractivity contribution < 1.29 is 29.6 Å². The number of nitrogens with zero attached hydrogens (tertiary/aromatic N) is 4. The van der Waals surface area contributed by atoms with Crippen molar-refractivity contribution in [2.24, 2.45) is 10.2 Å². The number of amides is 2. The summed E-state index contributed by atoms with van der Waals surface area (Å²) in [5.41, 5.74) is 3.85. The minimum Gasteiger partial charge on any atom is -0.507 e. The summed E-state index contributed by atoms with van der Waals surface area (Å²) in [5, 5.41) is 48.0. The number of thioether (sulfide) groups is 1. The van der Waals surface area contributed by atoms with Crippen LogP contribution in [0.2, 0.25) is 0 Å². The third-order valence-electron chi connectivity index (χ3n) is 3.70. The largest absolute Gasteiger partial charge is 0.507 e. The zero-order valence-electron chi connectivity index (χ0n) is 16.6. The van der Waals surface area contributed by atoms with Crippen LogP contribution in [0.5, 0.6) is 11.5 Å². The zero-order chi connectivity index (χ0) is 24.4. The Bertz CT molecular complexity index is 1050. The fraction of sp³-hybridized carbons (Fsp3) is 0.111. The Kier molecular flexibility index (Phi) is 8.81. The molecule has 0 aliphatic carbocycles. The second-order valence-corrected chi connectivity index (χ2v) is 7.07. The number of rotatable bonds is 10. The number of hydrogen-bond donors (Lipinski definition) is 4. The van der Waals surface area contributed by atoms with Crippen LogP contribution >= 0.6 is 11.8 Å². The first-order chi connectivity index (χ1) is 15.7. The van der Waals surface area contributed by atoms with Gasteiger partial charge in [-0.1, -0.05) is 0 Å². The van der Waals surface area contributed by atoms with Crippen molar-refractivity contribution in [3.8, 4) is 11.5 Å². The molecule has 0 aliphatic heterocycles. The van der Waals surface area contributed by atoms with E-state index in [1.54, 1.807) is 0 Å². The zero-order valence-corrected chi connectivity index (χ0v) is 17.4. The number of nitro groups is 2. The number of phenols is 2. The van der Waals surface area contributed by atoms with Crippen molar-refractivity contribution in [1.29, 1.82) is 0 Å². The standard InChI is InChI=1S/C18H16N6O8S/c25-15-3-1-13(23(29)30)5-11(15)7-19-21-17(27)9-33-10-18(28)22-20-8-12-6-14(24(31)32)2-4-16(12)26/h1-8,25-26H,9-10H2,(H,21,27)(H,22,28). The Balaban J connectivity index is 1.76. The van der Waals surface area contributed by atoms with Gasteiger partial charge in [-0.15, -0.1) is 11.8 Å². The van der Waals surface area contributed by atoms with Gasteiger partial charge in [-0.2, -0.15) is 10.2 Å². The molecule has 0 atom stereocenters. The highest BCUT2D eigenvalue weighted by atomic mass is 32.2. The predicted molar refractivity (Wildman–Crippen MR) is 118 cm³/mol. The third-order valence-corrected chi connectivity index (χ3v) is 4.63. The predicted octanol–water partition coefficient (Wildman–Crippen LogP) is 1.25. The molecule has 4 N–H and O–H groups in total. The molecule has 14 nitrogen and oxygen atoms in total. The summed E-state index contributed by atoms with van der Waals surface area (Å²) in [4.78, 5) is 43.7. The van der Waals surface area contributed by atoms with Crippen molar-refractivity contribution in [3.05, 3.63) is 67.8 Å². The average molecular weight is 476 g/mol. The van der Waals surface area contributed by atoms with E-state index in [-0.39, 0.29) is 45.5 Å². The van der Waals surface area contributed by atoms with Crippen LogP contribution in [0.1, 0.15) is 11.1 Å². The maximum atomic E-state index is 11.7. The van der Waals surface area contributed by atoms with E-state index < -0.39 is 21.7 Å². The van der Waals surface area contributed by atoms with Crippen LogP contribution in [0.25, 0.3) is 0 Å². The van der Waals surface area contributed by atoms with Crippen LogP contribution < -0.4 is 10.9 Å². The normalized spacial score (nSPS) is 10.9. The Morgan fingerprint density at radius 3 is 1.61 bits per heavy atom. The molecule has 0 heterocycles. The summed E-state index contributed by atoms with van der Waals surface area (Å²) in [6.07, 6.45) is 2.07. The van der Waals surface area contributed by atoms with Gasteiger partial charge >= 0.3 is 0 Å². The molecular formula is C18H16N6O8S. The molecular weight excluding hydrogens is 460 g/mol. The smallest absolute Gasteiger partial charge is 0.270 e. The number of non-ortho nitro benzene ring substituents is 2. The van der Waals surface area contributed by atoms with Crippen LogP contribution in [-0.4, -0.2) is 55.8 Å². The lowest BCUT2D eigenvalue weighted by molar-refractivity contribution is -0.385. The SMILES string of the molecule is O=C(CSCC(=O)NN=Cc1cc([N+](=O)[O-])ccc1O)NN=Cc1cc([N+](=O)[O-])ccc1O. The molecule has 0 aromatic heterocycles. The maximum absolute atomic E-state index is 11.7. The van der Waals surface area contributed by atoms with Gasteiger partial charge < -0.3 is 10.2 Å². The minimum absolute atomic E-state index is 0.0316. The third kappa shape index (κ3) is 7.91. The van der Waals surface area contributed by atoms with E-state index in [0.29, 0.717) is 0 Å². The Morgan fingerprint density at radius 2 is 1.24 bits per heavy atom. The van der Waals surface area contributed by atoms with Gasteiger partial charge in [0.2, 0.25) is 11.8 Å². The highest BCUT2D eigenvalue weighted by Crippen LogP contribution is 2.22.